The Balaban J connectivity index is 2.44. The highest BCUT2D eigenvalue weighted by molar-refractivity contribution is 14.1. The Hall–Kier alpha value is -1.96. The van der Waals surface area contributed by atoms with Gasteiger partial charge in [-0.25, -0.2) is 4.79 Å². The Labute approximate surface area is 161 Å². The van der Waals surface area contributed by atoms with Gasteiger partial charge in [0.25, 0.3) is 17.4 Å². The van der Waals surface area contributed by atoms with Crippen LogP contribution in [0.1, 0.15) is 31.1 Å². The molecule has 2 aromatic rings. The van der Waals surface area contributed by atoms with E-state index in [-0.39, 0.29) is 28.2 Å². The van der Waals surface area contributed by atoms with E-state index in [2.05, 4.69) is 5.32 Å². The number of aromatic carboxylic acids is 1. The molecule has 1 aromatic heterocycles. The van der Waals surface area contributed by atoms with E-state index in [1.54, 1.807) is 6.07 Å². The predicted octanol–water partition coefficient (Wildman–Crippen LogP) is 1.21. The number of fused-ring (bicyclic) bond motifs is 1. The van der Waals surface area contributed by atoms with E-state index < -0.39 is 23.3 Å². The topological polar surface area (TPSA) is 131 Å². The van der Waals surface area contributed by atoms with Gasteiger partial charge in [0, 0.05) is 13.2 Å². The summed E-state index contributed by atoms with van der Waals surface area (Å²) >= 11 is 3.85. The molecule has 4 N–H and O–H groups in total. The molecule has 0 unspecified atom stereocenters. The number of carboxylic acid groups (broad SMARTS) is 1. The van der Waals surface area contributed by atoms with Gasteiger partial charge in [0.2, 0.25) is 0 Å². The van der Waals surface area contributed by atoms with Crippen LogP contribution < -0.4 is 16.6 Å². The number of pyridine rings is 1. The highest BCUT2D eigenvalue weighted by Gasteiger charge is 2.33. The number of benzene rings is 1. The minimum absolute atomic E-state index is 0.0564. The molecule has 1 aliphatic rings. The molecule has 2 heterocycles. The number of carbonyl (C=O) groups is 3. The van der Waals surface area contributed by atoms with Crippen LogP contribution in [0, 0.1) is 7.14 Å². The molecule has 0 atom stereocenters. The van der Waals surface area contributed by atoms with Crippen molar-refractivity contribution in [3.8, 4) is 5.69 Å². The summed E-state index contributed by atoms with van der Waals surface area (Å²) in [7, 11) is 0. The smallest absolute Gasteiger partial charge is 0.337 e. The standard InChI is InChI=1S/C14H7I2N3O5/c15-4-1-6(14(23)24)10(7(16)2-4)19-8(20)3-5-9(11(19)17)13(22)18-12(5)21/h1-3H,17H2,(H,23,24)(H,18,21,22). The molecule has 0 spiro atoms. The minimum Gasteiger partial charge on any atom is -0.478 e. The lowest BCUT2D eigenvalue weighted by atomic mass is 10.1. The first-order valence-electron chi connectivity index (χ1n) is 6.36. The van der Waals surface area contributed by atoms with Crippen molar-refractivity contribution in [3.05, 3.63) is 52.4 Å². The van der Waals surface area contributed by atoms with Gasteiger partial charge in [-0.3, -0.25) is 24.3 Å². The van der Waals surface area contributed by atoms with E-state index in [1.165, 1.54) is 6.07 Å². The summed E-state index contributed by atoms with van der Waals surface area (Å²) in [5.41, 5.74) is 4.92. The predicted molar refractivity (Wildman–Crippen MR) is 101 cm³/mol. The Morgan fingerprint density at radius 2 is 1.79 bits per heavy atom. The van der Waals surface area contributed by atoms with Gasteiger partial charge in [-0.05, 0) is 57.3 Å². The average Bonchev–Trinajstić information content (AvgIpc) is 2.75. The average molecular weight is 551 g/mol. The van der Waals surface area contributed by atoms with Crippen molar-refractivity contribution in [2.75, 3.05) is 5.73 Å². The summed E-state index contributed by atoms with van der Waals surface area (Å²) in [6, 6.07) is 4.05. The number of nitrogens with two attached hydrogens (primary N) is 1. The molecule has 0 saturated heterocycles. The summed E-state index contributed by atoms with van der Waals surface area (Å²) < 4.78 is 2.08. The molecule has 24 heavy (non-hydrogen) atoms. The van der Waals surface area contributed by atoms with E-state index in [1.807, 2.05) is 45.2 Å². The molecule has 0 aliphatic carbocycles. The van der Waals surface area contributed by atoms with Crippen molar-refractivity contribution in [2.24, 2.45) is 0 Å². The monoisotopic (exact) mass is 551 g/mol. The van der Waals surface area contributed by atoms with Crippen LogP contribution in [-0.2, 0) is 0 Å². The number of nitrogen functional groups attached to an aromatic ring is 1. The number of nitrogens with one attached hydrogen (secondary N) is 1. The van der Waals surface area contributed by atoms with Crippen molar-refractivity contribution in [3.63, 3.8) is 0 Å². The molecular weight excluding hydrogens is 544 g/mol. The number of carbonyl (C=O) groups excluding carboxylic acids is 2. The molecular formula is C14H7I2N3O5. The Morgan fingerprint density at radius 1 is 1.12 bits per heavy atom. The fourth-order valence-electron chi connectivity index (χ4n) is 2.47. The van der Waals surface area contributed by atoms with Crippen molar-refractivity contribution in [1.29, 1.82) is 0 Å². The number of hydrogen-bond acceptors (Lipinski definition) is 5. The Bertz CT molecular complexity index is 1010. The third-order valence-corrected chi connectivity index (χ3v) is 4.88. The first-order valence-corrected chi connectivity index (χ1v) is 8.52. The maximum atomic E-state index is 12.5. The normalized spacial score (nSPS) is 12.9. The van der Waals surface area contributed by atoms with E-state index in [0.29, 0.717) is 7.14 Å². The maximum Gasteiger partial charge on any atom is 0.337 e. The van der Waals surface area contributed by atoms with Crippen LogP contribution in [0.3, 0.4) is 0 Å². The summed E-state index contributed by atoms with van der Waals surface area (Å²) in [6.07, 6.45) is 0. The van der Waals surface area contributed by atoms with Crippen LogP contribution in [0.25, 0.3) is 5.69 Å². The fraction of sp³-hybridized carbons (Fsp3) is 0. The fourth-order valence-corrected chi connectivity index (χ4v) is 4.55. The SMILES string of the molecule is Nc1c2c(cc(=O)n1-c1c(I)cc(I)cc1C(=O)O)C(=O)NC2=O. The van der Waals surface area contributed by atoms with Gasteiger partial charge in [-0.1, -0.05) is 0 Å². The molecule has 3 rings (SSSR count). The lowest BCUT2D eigenvalue weighted by Crippen LogP contribution is -2.26. The third-order valence-electron chi connectivity index (χ3n) is 3.44. The summed E-state index contributed by atoms with van der Waals surface area (Å²) in [5.74, 6) is -2.95. The number of nitrogens with zero attached hydrogens (tertiary/aromatic N) is 1. The first kappa shape index (κ1) is 16.9. The number of anilines is 1. The highest BCUT2D eigenvalue weighted by Crippen LogP contribution is 2.29. The number of imide groups is 1. The molecule has 10 heteroatoms. The second kappa shape index (κ2) is 5.84. The molecule has 1 aromatic carbocycles. The van der Waals surface area contributed by atoms with E-state index in [4.69, 9.17) is 5.73 Å². The molecule has 122 valence electrons. The zero-order valence-corrected chi connectivity index (χ0v) is 15.9. The van der Waals surface area contributed by atoms with E-state index in [9.17, 15) is 24.3 Å². The number of halogens is 2. The molecule has 0 radical (unpaired) electrons. The lowest BCUT2D eigenvalue weighted by Gasteiger charge is -2.16. The Kier molecular flexibility index (Phi) is 4.11. The van der Waals surface area contributed by atoms with Crippen LogP contribution in [0.2, 0.25) is 0 Å². The molecule has 2 amide bonds. The van der Waals surface area contributed by atoms with Crippen LogP contribution in [0.4, 0.5) is 5.82 Å². The van der Waals surface area contributed by atoms with Gasteiger partial charge in [-0.2, -0.15) is 0 Å². The van der Waals surface area contributed by atoms with Crippen LogP contribution in [0.5, 0.6) is 0 Å². The van der Waals surface area contributed by atoms with E-state index >= 15 is 0 Å². The van der Waals surface area contributed by atoms with E-state index in [0.717, 1.165) is 10.6 Å². The van der Waals surface area contributed by atoms with Gasteiger partial charge in [0.15, 0.2) is 0 Å². The number of hydrogen-bond donors (Lipinski definition) is 3. The summed E-state index contributed by atoms with van der Waals surface area (Å²) in [4.78, 5) is 47.6. The van der Waals surface area contributed by atoms with Gasteiger partial charge < -0.3 is 10.8 Å². The minimum atomic E-state index is -1.24. The van der Waals surface area contributed by atoms with Crippen LogP contribution >= 0.6 is 45.2 Å². The number of aromatic nitrogens is 1. The van der Waals surface area contributed by atoms with Gasteiger partial charge in [-0.15, -0.1) is 0 Å². The van der Waals surface area contributed by atoms with Crippen molar-refractivity contribution in [2.45, 2.75) is 0 Å². The quantitative estimate of drug-likeness (QED) is 0.380. The second-order valence-corrected chi connectivity index (χ2v) is 7.27. The van der Waals surface area contributed by atoms with Gasteiger partial charge >= 0.3 is 5.97 Å². The lowest BCUT2D eigenvalue weighted by molar-refractivity contribution is 0.0696. The molecule has 1 aliphatic heterocycles. The van der Waals surface area contributed by atoms with Crippen LogP contribution in [-0.4, -0.2) is 27.5 Å². The van der Waals surface area contributed by atoms with Gasteiger partial charge in [0.1, 0.15) is 5.82 Å². The zero-order chi connectivity index (χ0) is 17.8. The summed E-state index contributed by atoms with van der Waals surface area (Å²) in [5, 5.41) is 11.5. The van der Waals surface area contributed by atoms with Crippen molar-refractivity contribution < 1.29 is 19.5 Å². The van der Waals surface area contributed by atoms with Crippen molar-refractivity contribution >= 4 is 68.8 Å². The summed E-state index contributed by atoms with van der Waals surface area (Å²) in [6.45, 7) is 0. The molecule has 0 bridgehead atoms. The number of carboxylic acids is 1. The molecule has 8 nitrogen and oxygen atoms in total. The molecule has 0 fully saturated rings. The second-order valence-electron chi connectivity index (χ2n) is 4.86. The largest absolute Gasteiger partial charge is 0.478 e. The third kappa shape index (κ3) is 2.49. The van der Waals surface area contributed by atoms with Gasteiger partial charge in [0.05, 0.1) is 22.4 Å². The van der Waals surface area contributed by atoms with Crippen LogP contribution in [0.15, 0.2) is 23.0 Å². The molecule has 0 saturated carbocycles. The number of amides is 2. The Morgan fingerprint density at radius 3 is 2.42 bits per heavy atom. The highest BCUT2D eigenvalue weighted by atomic mass is 127. The zero-order valence-electron chi connectivity index (χ0n) is 11.6. The maximum absolute atomic E-state index is 12.5. The number of rotatable bonds is 2. The first-order chi connectivity index (χ1) is 11.2. The van der Waals surface area contributed by atoms with Crippen molar-refractivity contribution in [1.82, 2.24) is 9.88 Å².